The Labute approximate surface area is 165 Å². The van der Waals surface area contributed by atoms with E-state index in [1.54, 1.807) is 12.0 Å². The number of rotatable bonds is 4. The Balaban J connectivity index is 1.52. The molecular weight excluding hydrogens is 354 g/mol. The number of nitrogens with one attached hydrogen (secondary N) is 2. The molecule has 1 fully saturated rings. The van der Waals surface area contributed by atoms with Crippen LogP contribution in [0.25, 0.3) is 0 Å². The summed E-state index contributed by atoms with van der Waals surface area (Å²) in [4.78, 5) is 26.9. The van der Waals surface area contributed by atoms with Crippen molar-refractivity contribution in [3.05, 3.63) is 53.6 Å². The van der Waals surface area contributed by atoms with Gasteiger partial charge in [0.2, 0.25) is 5.91 Å². The van der Waals surface area contributed by atoms with Crippen LogP contribution in [0.1, 0.15) is 24.0 Å². The second-order valence-electron chi connectivity index (χ2n) is 7.18. The van der Waals surface area contributed by atoms with E-state index in [-0.39, 0.29) is 17.9 Å². The molecule has 0 atom stereocenters. The molecule has 0 radical (unpaired) electrons. The average Bonchev–Trinajstić information content (AvgIpc) is 2.71. The molecule has 148 valence electrons. The van der Waals surface area contributed by atoms with Gasteiger partial charge in [0.05, 0.1) is 12.8 Å². The highest BCUT2D eigenvalue weighted by Crippen LogP contribution is 2.26. The van der Waals surface area contributed by atoms with E-state index in [9.17, 15) is 9.59 Å². The fourth-order valence-corrected chi connectivity index (χ4v) is 3.35. The largest absolute Gasteiger partial charge is 0.495 e. The van der Waals surface area contributed by atoms with E-state index in [0.717, 1.165) is 11.3 Å². The van der Waals surface area contributed by atoms with Crippen LogP contribution in [-0.2, 0) is 4.79 Å². The maximum Gasteiger partial charge on any atom is 0.321 e. The van der Waals surface area contributed by atoms with Crippen molar-refractivity contribution in [3.8, 4) is 5.75 Å². The second-order valence-corrected chi connectivity index (χ2v) is 7.18. The van der Waals surface area contributed by atoms with Crippen LogP contribution < -0.4 is 15.4 Å². The fraction of sp³-hybridized carbons (Fsp3) is 0.364. The van der Waals surface area contributed by atoms with Crippen molar-refractivity contribution >= 4 is 23.3 Å². The highest BCUT2D eigenvalue weighted by Gasteiger charge is 2.27. The highest BCUT2D eigenvalue weighted by molar-refractivity contribution is 5.94. The predicted octanol–water partition coefficient (Wildman–Crippen LogP) is 4.19. The first kappa shape index (κ1) is 19.7. The summed E-state index contributed by atoms with van der Waals surface area (Å²) in [6, 6.07) is 13.1. The number of para-hydroxylation sites is 2. The van der Waals surface area contributed by atoms with Crippen LogP contribution in [-0.4, -0.2) is 37.0 Å². The number of carbonyl (C=O) groups is 2. The number of carbonyl (C=O) groups excluding carboxylic acids is 2. The van der Waals surface area contributed by atoms with E-state index in [4.69, 9.17) is 4.74 Å². The summed E-state index contributed by atoms with van der Waals surface area (Å²) in [7, 11) is 1.58. The lowest BCUT2D eigenvalue weighted by molar-refractivity contribution is -0.121. The van der Waals surface area contributed by atoms with Crippen molar-refractivity contribution in [1.29, 1.82) is 0 Å². The van der Waals surface area contributed by atoms with Crippen molar-refractivity contribution in [1.82, 2.24) is 4.90 Å². The van der Waals surface area contributed by atoms with Crippen molar-refractivity contribution in [2.45, 2.75) is 26.7 Å². The lowest BCUT2D eigenvalue weighted by Gasteiger charge is -2.31. The molecule has 0 saturated carbocycles. The van der Waals surface area contributed by atoms with Gasteiger partial charge in [-0.15, -0.1) is 0 Å². The summed E-state index contributed by atoms with van der Waals surface area (Å²) < 4.78 is 5.28. The third-order valence-electron chi connectivity index (χ3n) is 5.28. The Hall–Kier alpha value is -3.02. The van der Waals surface area contributed by atoms with Crippen molar-refractivity contribution < 1.29 is 14.3 Å². The van der Waals surface area contributed by atoms with Crippen LogP contribution in [0.5, 0.6) is 5.75 Å². The number of anilines is 2. The number of ether oxygens (including phenoxy) is 1. The number of nitrogens with zero attached hydrogens (tertiary/aromatic N) is 1. The number of hydrogen-bond donors (Lipinski definition) is 2. The van der Waals surface area contributed by atoms with E-state index < -0.39 is 0 Å². The van der Waals surface area contributed by atoms with Crippen molar-refractivity contribution in [3.63, 3.8) is 0 Å². The van der Waals surface area contributed by atoms with Gasteiger partial charge in [-0.2, -0.15) is 0 Å². The van der Waals surface area contributed by atoms with E-state index in [2.05, 4.69) is 10.6 Å². The van der Waals surface area contributed by atoms with Crippen LogP contribution in [0.4, 0.5) is 16.2 Å². The molecule has 2 aromatic rings. The van der Waals surface area contributed by atoms with Gasteiger partial charge in [-0.3, -0.25) is 4.79 Å². The zero-order valence-electron chi connectivity index (χ0n) is 16.6. The molecule has 6 nitrogen and oxygen atoms in total. The molecular formula is C22H27N3O3. The number of methoxy groups -OCH3 is 1. The highest BCUT2D eigenvalue weighted by atomic mass is 16.5. The maximum atomic E-state index is 12.6. The summed E-state index contributed by atoms with van der Waals surface area (Å²) in [5.41, 5.74) is 3.80. The Bertz CT molecular complexity index is 858. The van der Waals surface area contributed by atoms with E-state index in [1.807, 2.05) is 56.3 Å². The van der Waals surface area contributed by atoms with E-state index >= 15 is 0 Å². The lowest BCUT2D eigenvalue weighted by Crippen LogP contribution is -2.43. The number of hydrogen-bond acceptors (Lipinski definition) is 3. The van der Waals surface area contributed by atoms with Gasteiger partial charge in [0.25, 0.3) is 0 Å². The minimum absolute atomic E-state index is 0.0290. The molecule has 0 aromatic heterocycles. The van der Waals surface area contributed by atoms with Gasteiger partial charge in [-0.1, -0.05) is 18.2 Å². The average molecular weight is 381 g/mol. The van der Waals surface area contributed by atoms with E-state index in [1.165, 1.54) is 5.56 Å². The Kier molecular flexibility index (Phi) is 6.19. The summed E-state index contributed by atoms with van der Waals surface area (Å²) >= 11 is 0. The second kappa shape index (κ2) is 8.78. The molecule has 2 aromatic carbocycles. The minimum Gasteiger partial charge on any atom is -0.495 e. The zero-order chi connectivity index (χ0) is 20.1. The Morgan fingerprint density at radius 2 is 1.71 bits per heavy atom. The molecule has 0 aliphatic carbocycles. The summed E-state index contributed by atoms with van der Waals surface area (Å²) in [5, 5.41) is 5.89. The monoisotopic (exact) mass is 381 g/mol. The van der Waals surface area contributed by atoms with Gasteiger partial charge in [0.1, 0.15) is 5.75 Å². The van der Waals surface area contributed by atoms with Crippen LogP contribution in [0.3, 0.4) is 0 Å². The number of likely N-dealkylation sites (tertiary alicyclic amines) is 1. The third kappa shape index (κ3) is 4.63. The SMILES string of the molecule is COc1ccccc1NC(=O)C1CCN(C(=O)Nc2ccc(C)c(C)c2)CC1. The first-order chi connectivity index (χ1) is 13.5. The third-order valence-corrected chi connectivity index (χ3v) is 5.28. The zero-order valence-corrected chi connectivity index (χ0v) is 16.6. The summed E-state index contributed by atoms with van der Waals surface area (Å²) in [6.07, 6.45) is 1.28. The van der Waals surface area contributed by atoms with Crippen molar-refractivity contribution in [2.75, 3.05) is 30.8 Å². The molecule has 2 N–H and O–H groups in total. The maximum absolute atomic E-state index is 12.6. The van der Waals surface area contributed by atoms with Gasteiger partial charge < -0.3 is 20.3 Å². The number of amides is 3. The van der Waals surface area contributed by atoms with Crippen LogP contribution >= 0.6 is 0 Å². The molecule has 0 unspecified atom stereocenters. The predicted molar refractivity (Wildman–Crippen MR) is 111 cm³/mol. The molecule has 1 aliphatic heterocycles. The molecule has 6 heteroatoms. The van der Waals surface area contributed by atoms with Gasteiger partial charge in [0.15, 0.2) is 0 Å². The minimum atomic E-state index is -0.119. The number of benzene rings is 2. The van der Waals surface area contributed by atoms with Gasteiger partial charge >= 0.3 is 6.03 Å². The lowest BCUT2D eigenvalue weighted by atomic mass is 9.96. The number of urea groups is 1. The standard InChI is InChI=1S/C22H27N3O3/c1-15-8-9-18(14-16(15)2)23-22(27)25-12-10-17(11-13-25)21(26)24-19-6-4-5-7-20(19)28-3/h4-9,14,17H,10-13H2,1-3H3,(H,23,27)(H,24,26). The normalized spacial score (nSPS) is 14.5. The molecule has 0 bridgehead atoms. The summed E-state index contributed by atoms with van der Waals surface area (Å²) in [6.45, 7) is 5.18. The fourth-order valence-electron chi connectivity index (χ4n) is 3.35. The number of aryl methyl sites for hydroxylation is 2. The van der Waals surface area contributed by atoms with Crippen LogP contribution in [0, 0.1) is 19.8 Å². The van der Waals surface area contributed by atoms with Crippen molar-refractivity contribution in [2.24, 2.45) is 5.92 Å². The Morgan fingerprint density at radius 1 is 1.00 bits per heavy atom. The Morgan fingerprint density at radius 3 is 2.39 bits per heavy atom. The van der Waals surface area contributed by atoms with Gasteiger partial charge in [-0.05, 0) is 62.1 Å². The number of piperidine rings is 1. The molecule has 28 heavy (non-hydrogen) atoms. The molecule has 3 amide bonds. The quantitative estimate of drug-likeness (QED) is 0.834. The molecule has 3 rings (SSSR count). The van der Waals surface area contributed by atoms with Crippen LogP contribution in [0.2, 0.25) is 0 Å². The van der Waals surface area contributed by atoms with Gasteiger partial charge in [0, 0.05) is 24.7 Å². The summed E-state index contributed by atoms with van der Waals surface area (Å²) in [5.74, 6) is 0.496. The molecule has 1 heterocycles. The topological polar surface area (TPSA) is 70.7 Å². The van der Waals surface area contributed by atoms with Gasteiger partial charge in [-0.25, -0.2) is 4.79 Å². The van der Waals surface area contributed by atoms with E-state index in [0.29, 0.717) is 37.4 Å². The first-order valence-corrected chi connectivity index (χ1v) is 9.55. The first-order valence-electron chi connectivity index (χ1n) is 9.55. The smallest absolute Gasteiger partial charge is 0.321 e. The van der Waals surface area contributed by atoms with Crippen LogP contribution in [0.15, 0.2) is 42.5 Å². The molecule has 1 saturated heterocycles. The molecule has 0 spiro atoms. The molecule has 1 aliphatic rings.